The number of amides is 1. The van der Waals surface area contributed by atoms with Crippen molar-refractivity contribution in [1.82, 2.24) is 4.90 Å². The maximum Gasteiger partial charge on any atom is 0.258 e. The van der Waals surface area contributed by atoms with Gasteiger partial charge in [-0.25, -0.2) is 4.99 Å². The average Bonchev–Trinajstić information content (AvgIpc) is 2.59. The van der Waals surface area contributed by atoms with Crippen molar-refractivity contribution in [2.45, 2.75) is 26.8 Å². The molecular weight excluding hydrogens is 226 g/mol. The largest absolute Gasteiger partial charge is 0.369 e. The Kier molecular flexibility index (Phi) is 4.89. The van der Waals surface area contributed by atoms with Gasteiger partial charge < -0.3 is 5.73 Å². The summed E-state index contributed by atoms with van der Waals surface area (Å²) >= 11 is 0. The molecule has 0 fully saturated rings. The summed E-state index contributed by atoms with van der Waals surface area (Å²) in [5.74, 6) is 0.531. The Balaban J connectivity index is 2.84. The molecule has 1 heterocycles. The van der Waals surface area contributed by atoms with Gasteiger partial charge in [0.2, 0.25) is 0 Å². The van der Waals surface area contributed by atoms with Crippen molar-refractivity contribution in [3.05, 3.63) is 36.0 Å². The maximum atomic E-state index is 11.9. The number of carbonyl (C=O) groups is 1. The van der Waals surface area contributed by atoms with E-state index in [1.807, 2.05) is 38.2 Å². The van der Waals surface area contributed by atoms with Gasteiger partial charge in [0.15, 0.2) is 12.0 Å². The molecule has 1 aliphatic rings. The number of nitrogens with two attached hydrogens (primary N) is 1. The Bertz CT molecular complexity index is 432. The Labute approximate surface area is 109 Å². The Morgan fingerprint density at radius 3 is 2.56 bits per heavy atom. The van der Waals surface area contributed by atoms with Crippen LogP contribution in [0, 0.1) is 5.92 Å². The molecule has 0 aromatic carbocycles. The lowest BCUT2D eigenvalue weighted by atomic mass is 10.0. The van der Waals surface area contributed by atoms with Crippen LogP contribution in [0.2, 0.25) is 0 Å². The third-order valence-corrected chi connectivity index (χ3v) is 2.91. The van der Waals surface area contributed by atoms with Crippen LogP contribution < -0.4 is 5.73 Å². The molecule has 0 aromatic rings. The van der Waals surface area contributed by atoms with Crippen LogP contribution in [0.15, 0.2) is 40.9 Å². The van der Waals surface area contributed by atoms with E-state index < -0.39 is 6.04 Å². The first kappa shape index (κ1) is 14.2. The smallest absolute Gasteiger partial charge is 0.258 e. The van der Waals surface area contributed by atoms with Crippen LogP contribution >= 0.6 is 0 Å². The topological polar surface area (TPSA) is 58.7 Å². The summed E-state index contributed by atoms with van der Waals surface area (Å²) in [5.41, 5.74) is 6.53. The lowest BCUT2D eigenvalue weighted by molar-refractivity contribution is -0.125. The molecule has 0 saturated carbocycles. The molecule has 1 rings (SSSR count). The monoisotopic (exact) mass is 247 g/mol. The SMILES string of the molecule is C/C=C\C(C)/C=C\C(=C/C)C1N=C(N)N(C)C1=O. The maximum absolute atomic E-state index is 11.9. The number of rotatable bonds is 4. The summed E-state index contributed by atoms with van der Waals surface area (Å²) < 4.78 is 0. The quantitative estimate of drug-likeness (QED) is 0.609. The fraction of sp³-hybridized carbons (Fsp3) is 0.429. The predicted octanol–water partition coefficient (Wildman–Crippen LogP) is 1.86. The molecule has 4 heteroatoms. The summed E-state index contributed by atoms with van der Waals surface area (Å²) in [5, 5.41) is 0. The average molecular weight is 247 g/mol. The minimum atomic E-state index is -0.492. The van der Waals surface area contributed by atoms with Gasteiger partial charge in [-0.2, -0.15) is 0 Å². The fourth-order valence-corrected chi connectivity index (χ4v) is 1.76. The molecule has 2 atom stereocenters. The first-order valence-electron chi connectivity index (χ1n) is 6.09. The summed E-state index contributed by atoms with van der Waals surface area (Å²) in [4.78, 5) is 17.5. The molecule has 4 nitrogen and oxygen atoms in total. The third-order valence-electron chi connectivity index (χ3n) is 2.91. The molecular formula is C14H21N3O. The minimum Gasteiger partial charge on any atom is -0.369 e. The van der Waals surface area contributed by atoms with E-state index >= 15 is 0 Å². The number of carbonyl (C=O) groups excluding carboxylic acids is 1. The van der Waals surface area contributed by atoms with Crippen LogP contribution in [-0.2, 0) is 4.79 Å². The molecule has 1 aliphatic heterocycles. The zero-order valence-corrected chi connectivity index (χ0v) is 11.4. The van der Waals surface area contributed by atoms with Crippen LogP contribution in [0.3, 0.4) is 0 Å². The van der Waals surface area contributed by atoms with Gasteiger partial charge in [-0.1, -0.05) is 37.3 Å². The van der Waals surface area contributed by atoms with Crippen LogP contribution in [-0.4, -0.2) is 29.9 Å². The van der Waals surface area contributed by atoms with Crippen LogP contribution in [0.1, 0.15) is 20.8 Å². The van der Waals surface area contributed by atoms with E-state index in [9.17, 15) is 4.79 Å². The van der Waals surface area contributed by atoms with Gasteiger partial charge in [0.25, 0.3) is 5.91 Å². The molecule has 18 heavy (non-hydrogen) atoms. The van der Waals surface area contributed by atoms with Crippen molar-refractivity contribution in [2.24, 2.45) is 16.6 Å². The van der Waals surface area contributed by atoms with E-state index in [0.29, 0.717) is 5.92 Å². The molecule has 0 aliphatic carbocycles. The van der Waals surface area contributed by atoms with Gasteiger partial charge in [-0.15, -0.1) is 0 Å². The van der Waals surface area contributed by atoms with Crippen LogP contribution in [0.25, 0.3) is 0 Å². The lowest BCUT2D eigenvalue weighted by Crippen LogP contribution is -2.35. The highest BCUT2D eigenvalue weighted by Gasteiger charge is 2.31. The molecule has 0 aromatic heterocycles. The Morgan fingerprint density at radius 1 is 1.44 bits per heavy atom. The number of aliphatic imine (C=N–C) groups is 1. The fourth-order valence-electron chi connectivity index (χ4n) is 1.76. The summed E-state index contributed by atoms with van der Waals surface area (Å²) in [7, 11) is 1.64. The van der Waals surface area contributed by atoms with Crippen molar-refractivity contribution in [1.29, 1.82) is 0 Å². The number of likely N-dealkylation sites (N-methyl/N-ethyl adjacent to an activating group) is 1. The Morgan fingerprint density at radius 2 is 2.11 bits per heavy atom. The molecule has 2 N–H and O–H groups in total. The van der Waals surface area contributed by atoms with Crippen molar-refractivity contribution in [3.63, 3.8) is 0 Å². The molecule has 0 spiro atoms. The van der Waals surface area contributed by atoms with Crippen LogP contribution in [0.4, 0.5) is 0 Å². The van der Waals surface area contributed by atoms with E-state index in [-0.39, 0.29) is 11.9 Å². The van der Waals surface area contributed by atoms with Crippen molar-refractivity contribution >= 4 is 11.9 Å². The van der Waals surface area contributed by atoms with Crippen molar-refractivity contribution < 1.29 is 4.79 Å². The van der Waals surface area contributed by atoms with E-state index in [1.165, 1.54) is 4.90 Å². The Hall–Kier alpha value is -1.84. The zero-order chi connectivity index (χ0) is 13.7. The molecule has 0 radical (unpaired) electrons. The normalized spacial score (nSPS) is 23.2. The van der Waals surface area contributed by atoms with Gasteiger partial charge in [0, 0.05) is 7.05 Å². The number of nitrogens with zero attached hydrogens (tertiary/aromatic N) is 2. The van der Waals surface area contributed by atoms with Gasteiger partial charge in [0.05, 0.1) is 0 Å². The standard InChI is InChI=1S/C14H21N3O/c1-5-7-10(3)8-9-11(6-2)12-13(18)17(4)14(15)16-12/h5-10,12H,1-4H3,(H2,15,16)/b7-5-,9-8-,11-6+. The van der Waals surface area contributed by atoms with Crippen molar-refractivity contribution in [2.75, 3.05) is 7.05 Å². The second kappa shape index (κ2) is 6.19. The van der Waals surface area contributed by atoms with Gasteiger partial charge in [-0.05, 0) is 25.3 Å². The summed E-state index contributed by atoms with van der Waals surface area (Å²) in [6, 6.07) is -0.492. The first-order chi connectivity index (χ1) is 8.51. The predicted molar refractivity (Wildman–Crippen MR) is 75.1 cm³/mol. The van der Waals surface area contributed by atoms with Gasteiger partial charge >= 0.3 is 0 Å². The third kappa shape index (κ3) is 3.09. The first-order valence-corrected chi connectivity index (χ1v) is 6.09. The highest BCUT2D eigenvalue weighted by atomic mass is 16.2. The molecule has 1 amide bonds. The van der Waals surface area contributed by atoms with E-state index in [1.54, 1.807) is 7.05 Å². The van der Waals surface area contributed by atoms with Gasteiger partial charge in [0.1, 0.15) is 0 Å². The lowest BCUT2D eigenvalue weighted by Gasteiger charge is -2.10. The minimum absolute atomic E-state index is 0.0797. The van der Waals surface area contributed by atoms with E-state index in [0.717, 1.165) is 5.57 Å². The highest BCUT2D eigenvalue weighted by Crippen LogP contribution is 2.17. The van der Waals surface area contributed by atoms with Crippen molar-refractivity contribution in [3.8, 4) is 0 Å². The second-order valence-corrected chi connectivity index (χ2v) is 4.32. The zero-order valence-electron chi connectivity index (χ0n) is 11.4. The van der Waals surface area contributed by atoms with E-state index in [2.05, 4.69) is 18.0 Å². The molecule has 98 valence electrons. The van der Waals surface area contributed by atoms with Gasteiger partial charge in [-0.3, -0.25) is 9.69 Å². The molecule has 2 unspecified atom stereocenters. The highest BCUT2D eigenvalue weighted by molar-refractivity contribution is 6.05. The number of guanidine groups is 1. The van der Waals surface area contributed by atoms with E-state index in [4.69, 9.17) is 5.73 Å². The summed E-state index contributed by atoms with van der Waals surface area (Å²) in [6.07, 6.45) is 9.99. The number of hydrogen-bond acceptors (Lipinski definition) is 3. The molecule has 0 bridgehead atoms. The number of hydrogen-bond donors (Lipinski definition) is 1. The summed E-state index contributed by atoms with van der Waals surface area (Å²) in [6.45, 7) is 5.97. The van der Waals surface area contributed by atoms with Crippen LogP contribution in [0.5, 0.6) is 0 Å². The number of allylic oxidation sites excluding steroid dienone is 4. The molecule has 0 saturated heterocycles. The second-order valence-electron chi connectivity index (χ2n) is 4.32.